The Bertz CT molecular complexity index is 624. The number of benzene rings is 1. The first-order valence-electron chi connectivity index (χ1n) is 6.65. The monoisotopic (exact) mass is 343 g/mol. The van der Waals surface area contributed by atoms with Gasteiger partial charge in [0.2, 0.25) is 0 Å². The molecule has 112 valence electrons. The van der Waals surface area contributed by atoms with E-state index in [1.165, 1.54) is 0 Å². The van der Waals surface area contributed by atoms with E-state index >= 15 is 0 Å². The molecule has 0 aliphatic carbocycles. The maximum Gasteiger partial charge on any atom is 0.151 e. The third-order valence-electron chi connectivity index (χ3n) is 2.94. The van der Waals surface area contributed by atoms with Crippen LogP contribution in [-0.2, 0) is 0 Å². The molecule has 21 heavy (non-hydrogen) atoms. The molecule has 2 aromatic rings. The maximum absolute atomic E-state index is 6.21. The highest BCUT2D eigenvalue weighted by atomic mass is 35.5. The van der Waals surface area contributed by atoms with Crippen LogP contribution < -0.4 is 10.6 Å². The van der Waals surface area contributed by atoms with Crippen molar-refractivity contribution in [2.45, 2.75) is 20.3 Å². The molecule has 0 spiro atoms. The predicted molar refractivity (Wildman–Crippen MR) is 92.5 cm³/mol. The molecule has 0 atom stereocenters. The number of nitrogens with zero attached hydrogens (tertiary/aromatic N) is 1. The van der Waals surface area contributed by atoms with Crippen LogP contribution in [0.2, 0.25) is 15.1 Å². The van der Waals surface area contributed by atoms with Crippen molar-refractivity contribution in [3.8, 4) is 0 Å². The van der Waals surface area contributed by atoms with E-state index in [2.05, 4.69) is 22.5 Å². The molecule has 6 heteroatoms. The van der Waals surface area contributed by atoms with Gasteiger partial charge in [0.1, 0.15) is 5.82 Å². The van der Waals surface area contributed by atoms with Crippen molar-refractivity contribution < 1.29 is 0 Å². The molecular formula is C15H16Cl3N3. The van der Waals surface area contributed by atoms with Crippen LogP contribution in [0.4, 0.5) is 17.3 Å². The fraction of sp³-hybridized carbons (Fsp3) is 0.267. The second kappa shape index (κ2) is 7.21. The quantitative estimate of drug-likeness (QED) is 0.707. The van der Waals surface area contributed by atoms with Crippen LogP contribution in [-0.4, -0.2) is 11.5 Å². The van der Waals surface area contributed by atoms with Gasteiger partial charge >= 0.3 is 0 Å². The SMILES string of the molecule is CCCNc1nc(Nc2c(C)cccc2Cl)c(Cl)cc1Cl. The predicted octanol–water partition coefficient (Wildman–Crippen LogP) is 5.92. The summed E-state index contributed by atoms with van der Waals surface area (Å²) in [6.07, 6.45) is 0.979. The Hall–Kier alpha value is -1.16. The van der Waals surface area contributed by atoms with Crippen molar-refractivity contribution in [1.29, 1.82) is 0 Å². The highest BCUT2D eigenvalue weighted by Crippen LogP contribution is 2.34. The molecule has 0 saturated carbocycles. The molecule has 0 fully saturated rings. The second-order valence-electron chi connectivity index (χ2n) is 4.63. The number of nitrogens with one attached hydrogen (secondary N) is 2. The van der Waals surface area contributed by atoms with Gasteiger partial charge in [-0.15, -0.1) is 0 Å². The number of aromatic nitrogens is 1. The van der Waals surface area contributed by atoms with Crippen LogP contribution in [0, 0.1) is 6.92 Å². The Morgan fingerprint density at radius 2 is 1.76 bits per heavy atom. The summed E-state index contributed by atoms with van der Waals surface area (Å²) in [6.45, 7) is 4.83. The summed E-state index contributed by atoms with van der Waals surface area (Å²) in [4.78, 5) is 4.44. The standard InChI is InChI=1S/C15H16Cl3N3/c1-3-7-19-14-11(17)8-12(18)15(21-14)20-13-9(2)5-4-6-10(13)16/h4-6,8H,3,7H2,1-2H3,(H2,19,20,21). The van der Waals surface area contributed by atoms with E-state index in [4.69, 9.17) is 34.8 Å². The molecule has 0 radical (unpaired) electrons. The van der Waals surface area contributed by atoms with Crippen molar-refractivity contribution in [1.82, 2.24) is 4.98 Å². The van der Waals surface area contributed by atoms with Gasteiger partial charge < -0.3 is 10.6 Å². The Balaban J connectivity index is 2.35. The van der Waals surface area contributed by atoms with Gasteiger partial charge in [-0.05, 0) is 31.0 Å². The fourth-order valence-corrected chi connectivity index (χ4v) is 2.57. The minimum Gasteiger partial charge on any atom is -0.369 e. The first kappa shape index (κ1) is 16.2. The molecule has 0 saturated heterocycles. The number of anilines is 3. The molecule has 0 aliphatic heterocycles. The molecule has 2 N–H and O–H groups in total. The number of aryl methyl sites for hydroxylation is 1. The second-order valence-corrected chi connectivity index (χ2v) is 5.85. The van der Waals surface area contributed by atoms with Gasteiger partial charge in [0.25, 0.3) is 0 Å². The normalized spacial score (nSPS) is 10.5. The third kappa shape index (κ3) is 3.94. The van der Waals surface area contributed by atoms with Gasteiger partial charge in [-0.2, -0.15) is 0 Å². The maximum atomic E-state index is 6.21. The molecule has 0 amide bonds. The van der Waals surface area contributed by atoms with Gasteiger partial charge in [-0.25, -0.2) is 4.98 Å². The summed E-state index contributed by atoms with van der Waals surface area (Å²) in [7, 11) is 0. The van der Waals surface area contributed by atoms with Gasteiger partial charge in [-0.1, -0.05) is 53.9 Å². The van der Waals surface area contributed by atoms with Gasteiger partial charge in [0, 0.05) is 6.54 Å². The van der Waals surface area contributed by atoms with Crippen LogP contribution in [0.3, 0.4) is 0 Å². The van der Waals surface area contributed by atoms with Gasteiger partial charge in [0.15, 0.2) is 5.82 Å². The van der Waals surface area contributed by atoms with Crippen LogP contribution in [0.25, 0.3) is 0 Å². The Labute approximate surface area is 139 Å². The van der Waals surface area contributed by atoms with Crippen molar-refractivity contribution in [3.63, 3.8) is 0 Å². The molecule has 0 unspecified atom stereocenters. The topological polar surface area (TPSA) is 37.0 Å². The van der Waals surface area contributed by atoms with Crippen LogP contribution in [0.15, 0.2) is 24.3 Å². The van der Waals surface area contributed by atoms with E-state index in [0.29, 0.717) is 26.7 Å². The minimum atomic E-state index is 0.446. The number of hydrogen-bond donors (Lipinski definition) is 2. The lowest BCUT2D eigenvalue weighted by Crippen LogP contribution is -2.05. The lowest BCUT2D eigenvalue weighted by Gasteiger charge is -2.14. The van der Waals surface area contributed by atoms with Crippen molar-refractivity contribution >= 4 is 52.1 Å². The Morgan fingerprint density at radius 3 is 2.43 bits per heavy atom. The number of para-hydroxylation sites is 1. The highest BCUT2D eigenvalue weighted by molar-refractivity contribution is 6.37. The third-order valence-corrected chi connectivity index (χ3v) is 3.83. The fourth-order valence-electron chi connectivity index (χ4n) is 1.83. The molecule has 1 aromatic carbocycles. The van der Waals surface area contributed by atoms with Crippen molar-refractivity contribution in [2.75, 3.05) is 17.2 Å². The van der Waals surface area contributed by atoms with Gasteiger partial charge in [-0.3, -0.25) is 0 Å². The summed E-state index contributed by atoms with van der Waals surface area (Å²) in [5, 5.41) is 7.91. The lowest BCUT2D eigenvalue weighted by molar-refractivity contribution is 0.970. The zero-order chi connectivity index (χ0) is 15.4. The molecule has 3 nitrogen and oxygen atoms in total. The van der Waals surface area contributed by atoms with Crippen LogP contribution in [0.5, 0.6) is 0 Å². The lowest BCUT2D eigenvalue weighted by atomic mass is 10.2. The highest BCUT2D eigenvalue weighted by Gasteiger charge is 2.12. The molecular weight excluding hydrogens is 329 g/mol. The zero-order valence-corrected chi connectivity index (χ0v) is 14.1. The van der Waals surface area contributed by atoms with Gasteiger partial charge in [0.05, 0.1) is 20.8 Å². The zero-order valence-electron chi connectivity index (χ0n) is 11.8. The van der Waals surface area contributed by atoms with Crippen LogP contribution >= 0.6 is 34.8 Å². The van der Waals surface area contributed by atoms with Crippen molar-refractivity contribution in [3.05, 3.63) is 44.9 Å². The van der Waals surface area contributed by atoms with E-state index in [0.717, 1.165) is 24.2 Å². The number of rotatable bonds is 5. The summed E-state index contributed by atoms with van der Waals surface area (Å²) in [5.74, 6) is 1.13. The first-order valence-corrected chi connectivity index (χ1v) is 7.78. The number of hydrogen-bond acceptors (Lipinski definition) is 3. The molecule has 1 aromatic heterocycles. The number of pyridine rings is 1. The van der Waals surface area contributed by atoms with Crippen LogP contribution in [0.1, 0.15) is 18.9 Å². The molecule has 0 aliphatic rings. The Kier molecular flexibility index (Phi) is 5.57. The largest absolute Gasteiger partial charge is 0.369 e. The number of halogens is 3. The average molecular weight is 345 g/mol. The Morgan fingerprint density at radius 1 is 1.05 bits per heavy atom. The summed E-state index contributed by atoms with van der Waals surface area (Å²) in [5.41, 5.74) is 1.80. The summed E-state index contributed by atoms with van der Waals surface area (Å²) < 4.78 is 0. The molecule has 1 heterocycles. The molecule has 2 rings (SSSR count). The average Bonchev–Trinajstić information content (AvgIpc) is 2.44. The molecule has 0 bridgehead atoms. The first-order chi connectivity index (χ1) is 10.0. The van der Waals surface area contributed by atoms with E-state index in [-0.39, 0.29) is 0 Å². The van der Waals surface area contributed by atoms with E-state index in [1.807, 2.05) is 25.1 Å². The van der Waals surface area contributed by atoms with E-state index in [9.17, 15) is 0 Å². The van der Waals surface area contributed by atoms with Crippen molar-refractivity contribution in [2.24, 2.45) is 0 Å². The minimum absolute atomic E-state index is 0.446. The van der Waals surface area contributed by atoms with E-state index in [1.54, 1.807) is 6.07 Å². The summed E-state index contributed by atoms with van der Waals surface area (Å²) in [6, 6.07) is 7.35. The van der Waals surface area contributed by atoms with E-state index < -0.39 is 0 Å². The summed E-state index contributed by atoms with van der Waals surface area (Å²) >= 11 is 18.6. The smallest absolute Gasteiger partial charge is 0.151 e.